The molecule has 0 aromatic carbocycles. The largest absolute Gasteiger partial charge is 0.495 e. The van der Waals surface area contributed by atoms with E-state index in [1.165, 1.54) is 0 Å². The summed E-state index contributed by atoms with van der Waals surface area (Å²) in [6.07, 6.45) is 2.67. The average Bonchev–Trinajstić information content (AvgIpc) is 2.28. The van der Waals surface area contributed by atoms with E-state index in [0.29, 0.717) is 12.4 Å². The molecule has 0 saturated carbocycles. The van der Waals surface area contributed by atoms with Gasteiger partial charge in [0.2, 0.25) is 0 Å². The minimum absolute atomic E-state index is 0.0314. The first-order valence-corrected chi connectivity index (χ1v) is 4.85. The van der Waals surface area contributed by atoms with Gasteiger partial charge in [-0.05, 0) is 6.07 Å². The molecule has 1 aromatic rings. The van der Waals surface area contributed by atoms with Crippen LogP contribution in [0.5, 0.6) is 5.75 Å². The molecule has 1 N–H and O–H groups in total. The van der Waals surface area contributed by atoms with Crippen molar-refractivity contribution in [3.63, 3.8) is 0 Å². The maximum Gasteiger partial charge on any atom is 0.137 e. The Bertz CT molecular complexity index is 304. The summed E-state index contributed by atoms with van der Waals surface area (Å²) in [6.45, 7) is 2.44. The Hall–Kier alpha value is -1.13. The van der Waals surface area contributed by atoms with Gasteiger partial charge in [-0.25, -0.2) is 0 Å². The maximum atomic E-state index is 9.96. The molecule has 4 heteroatoms. The van der Waals surface area contributed by atoms with E-state index in [4.69, 9.17) is 9.47 Å². The standard InChI is InChI=1S/C11H17NO3/c1-8(7-14-2)11(13)9-4-10(15-3)6-12-5-9/h4-6,8,11,13H,7H2,1-3H3. The molecule has 0 bridgehead atoms. The lowest BCUT2D eigenvalue weighted by Crippen LogP contribution is -2.14. The highest BCUT2D eigenvalue weighted by atomic mass is 16.5. The highest BCUT2D eigenvalue weighted by molar-refractivity contribution is 5.25. The zero-order valence-corrected chi connectivity index (χ0v) is 9.30. The third kappa shape index (κ3) is 3.18. The summed E-state index contributed by atoms with van der Waals surface area (Å²) < 4.78 is 10.0. The van der Waals surface area contributed by atoms with Gasteiger partial charge in [0.1, 0.15) is 5.75 Å². The van der Waals surface area contributed by atoms with Gasteiger partial charge in [0, 0.05) is 24.8 Å². The summed E-state index contributed by atoms with van der Waals surface area (Å²) in [4.78, 5) is 3.99. The number of methoxy groups -OCH3 is 2. The van der Waals surface area contributed by atoms with Gasteiger partial charge in [-0.1, -0.05) is 6.92 Å². The normalized spacial score (nSPS) is 14.7. The van der Waals surface area contributed by atoms with Crippen molar-refractivity contribution in [2.75, 3.05) is 20.8 Å². The molecule has 0 amide bonds. The molecular weight excluding hydrogens is 194 g/mol. The zero-order valence-electron chi connectivity index (χ0n) is 9.30. The molecule has 0 radical (unpaired) electrons. The molecule has 0 saturated heterocycles. The first kappa shape index (κ1) is 11.9. The van der Waals surface area contributed by atoms with Gasteiger partial charge in [0.15, 0.2) is 0 Å². The van der Waals surface area contributed by atoms with E-state index in [2.05, 4.69) is 4.98 Å². The van der Waals surface area contributed by atoms with E-state index in [-0.39, 0.29) is 5.92 Å². The van der Waals surface area contributed by atoms with E-state index >= 15 is 0 Å². The number of aliphatic hydroxyl groups excluding tert-OH is 1. The smallest absolute Gasteiger partial charge is 0.137 e. The third-order valence-electron chi connectivity index (χ3n) is 2.28. The highest BCUT2D eigenvalue weighted by Crippen LogP contribution is 2.23. The number of pyridine rings is 1. The summed E-state index contributed by atoms with van der Waals surface area (Å²) in [5, 5.41) is 9.96. The Balaban J connectivity index is 2.76. The fourth-order valence-electron chi connectivity index (χ4n) is 1.39. The molecule has 0 aliphatic rings. The second-order valence-electron chi connectivity index (χ2n) is 3.54. The number of hydrogen-bond donors (Lipinski definition) is 1. The van der Waals surface area contributed by atoms with Crippen molar-refractivity contribution in [2.24, 2.45) is 5.92 Å². The van der Waals surface area contributed by atoms with Crippen LogP contribution in [0.1, 0.15) is 18.6 Å². The first-order valence-electron chi connectivity index (χ1n) is 4.85. The van der Waals surface area contributed by atoms with Crippen molar-refractivity contribution in [1.82, 2.24) is 4.98 Å². The van der Waals surface area contributed by atoms with Crippen molar-refractivity contribution < 1.29 is 14.6 Å². The second-order valence-corrected chi connectivity index (χ2v) is 3.54. The first-order chi connectivity index (χ1) is 7.19. The molecule has 0 aliphatic carbocycles. The SMILES string of the molecule is COCC(C)C(O)c1cncc(OC)c1. The summed E-state index contributed by atoms with van der Waals surface area (Å²) in [5.74, 6) is 0.681. The summed E-state index contributed by atoms with van der Waals surface area (Å²) >= 11 is 0. The number of hydrogen-bond acceptors (Lipinski definition) is 4. The zero-order chi connectivity index (χ0) is 11.3. The van der Waals surface area contributed by atoms with Crippen LogP contribution >= 0.6 is 0 Å². The lowest BCUT2D eigenvalue weighted by molar-refractivity contribution is 0.0563. The minimum atomic E-state index is -0.576. The molecule has 0 aliphatic heterocycles. The van der Waals surface area contributed by atoms with Gasteiger partial charge < -0.3 is 14.6 Å². The third-order valence-corrected chi connectivity index (χ3v) is 2.28. The van der Waals surface area contributed by atoms with Crippen molar-refractivity contribution in [3.05, 3.63) is 24.0 Å². The van der Waals surface area contributed by atoms with Gasteiger partial charge in [0.05, 0.1) is 26.0 Å². The van der Waals surface area contributed by atoms with E-state index in [9.17, 15) is 5.11 Å². The molecule has 1 rings (SSSR count). The summed E-state index contributed by atoms with van der Waals surface area (Å²) in [6, 6.07) is 1.78. The molecule has 84 valence electrons. The quantitative estimate of drug-likeness (QED) is 0.800. The van der Waals surface area contributed by atoms with Crippen LogP contribution in [0.15, 0.2) is 18.5 Å². The molecule has 1 aromatic heterocycles. The Morgan fingerprint density at radius 1 is 1.40 bits per heavy atom. The lowest BCUT2D eigenvalue weighted by Gasteiger charge is -2.18. The van der Waals surface area contributed by atoms with E-state index in [0.717, 1.165) is 5.56 Å². The summed E-state index contributed by atoms with van der Waals surface area (Å²) in [5.41, 5.74) is 0.749. The molecule has 0 spiro atoms. The van der Waals surface area contributed by atoms with E-state index in [1.54, 1.807) is 32.7 Å². The van der Waals surface area contributed by atoms with Crippen LogP contribution in [0.4, 0.5) is 0 Å². The Kier molecular flexibility index (Phi) is 4.52. The maximum absolute atomic E-state index is 9.96. The van der Waals surface area contributed by atoms with Crippen LogP contribution < -0.4 is 4.74 Å². The molecule has 15 heavy (non-hydrogen) atoms. The van der Waals surface area contributed by atoms with Crippen LogP contribution in [-0.2, 0) is 4.74 Å². The van der Waals surface area contributed by atoms with Crippen LogP contribution in [0.3, 0.4) is 0 Å². The molecule has 2 atom stereocenters. The van der Waals surface area contributed by atoms with E-state index < -0.39 is 6.10 Å². The Morgan fingerprint density at radius 2 is 2.13 bits per heavy atom. The van der Waals surface area contributed by atoms with Gasteiger partial charge >= 0.3 is 0 Å². The Morgan fingerprint density at radius 3 is 2.73 bits per heavy atom. The second kappa shape index (κ2) is 5.68. The topological polar surface area (TPSA) is 51.6 Å². The van der Waals surface area contributed by atoms with Crippen LogP contribution in [0, 0.1) is 5.92 Å². The molecular formula is C11H17NO3. The molecule has 2 unspecified atom stereocenters. The molecule has 0 fully saturated rings. The number of aliphatic hydroxyl groups is 1. The number of aromatic nitrogens is 1. The lowest BCUT2D eigenvalue weighted by atomic mass is 9.99. The molecule has 4 nitrogen and oxygen atoms in total. The van der Waals surface area contributed by atoms with Crippen LogP contribution in [0.25, 0.3) is 0 Å². The van der Waals surface area contributed by atoms with Gasteiger partial charge in [-0.2, -0.15) is 0 Å². The number of ether oxygens (including phenoxy) is 2. The predicted octanol–water partition coefficient (Wildman–Crippen LogP) is 1.41. The highest BCUT2D eigenvalue weighted by Gasteiger charge is 2.16. The Labute approximate surface area is 89.9 Å². The van der Waals surface area contributed by atoms with Crippen molar-refractivity contribution >= 4 is 0 Å². The fraction of sp³-hybridized carbons (Fsp3) is 0.545. The van der Waals surface area contributed by atoms with Crippen molar-refractivity contribution in [1.29, 1.82) is 0 Å². The monoisotopic (exact) mass is 211 g/mol. The van der Waals surface area contributed by atoms with Gasteiger partial charge in [-0.15, -0.1) is 0 Å². The van der Waals surface area contributed by atoms with Crippen molar-refractivity contribution in [2.45, 2.75) is 13.0 Å². The van der Waals surface area contributed by atoms with Crippen LogP contribution in [-0.4, -0.2) is 30.9 Å². The summed E-state index contributed by atoms with van der Waals surface area (Å²) in [7, 11) is 3.19. The van der Waals surface area contributed by atoms with Gasteiger partial charge in [0.25, 0.3) is 0 Å². The average molecular weight is 211 g/mol. The number of rotatable bonds is 5. The fourth-order valence-corrected chi connectivity index (χ4v) is 1.39. The minimum Gasteiger partial charge on any atom is -0.495 e. The van der Waals surface area contributed by atoms with Crippen LogP contribution in [0.2, 0.25) is 0 Å². The number of nitrogens with zero attached hydrogens (tertiary/aromatic N) is 1. The predicted molar refractivity (Wildman–Crippen MR) is 56.8 cm³/mol. The van der Waals surface area contributed by atoms with Gasteiger partial charge in [-0.3, -0.25) is 4.98 Å². The van der Waals surface area contributed by atoms with Crippen molar-refractivity contribution in [3.8, 4) is 5.75 Å². The van der Waals surface area contributed by atoms with E-state index in [1.807, 2.05) is 6.92 Å². The molecule has 1 heterocycles.